The topological polar surface area (TPSA) is 131 Å². The molecule has 3 aromatic carbocycles. The number of hydrogen-bond acceptors (Lipinski definition) is 7. The van der Waals surface area contributed by atoms with E-state index in [-0.39, 0.29) is 10.6 Å². The Balaban J connectivity index is 0.000000945. The molecule has 0 spiro atoms. The van der Waals surface area contributed by atoms with Crippen molar-refractivity contribution in [2.45, 2.75) is 18.7 Å². The van der Waals surface area contributed by atoms with E-state index in [1.165, 1.54) is 37.6 Å². The fourth-order valence-electron chi connectivity index (χ4n) is 2.58. The van der Waals surface area contributed by atoms with Crippen molar-refractivity contribution in [3.8, 4) is 11.5 Å². The molecule has 2 N–H and O–H groups in total. The van der Waals surface area contributed by atoms with Gasteiger partial charge in [-0.15, -0.1) is 0 Å². The second-order valence-electron chi connectivity index (χ2n) is 6.84. The van der Waals surface area contributed by atoms with Crippen LogP contribution in [0.5, 0.6) is 11.5 Å². The molecular formula is C24H24N2O7S. The van der Waals surface area contributed by atoms with Crippen LogP contribution >= 0.6 is 0 Å². The zero-order valence-corrected chi connectivity index (χ0v) is 19.6. The smallest absolute Gasteiger partial charge is 0.339 e. The third-order valence-corrected chi connectivity index (χ3v) is 5.37. The number of carbonyl (C=O) groups is 2. The molecule has 0 unspecified atom stereocenters. The molecule has 0 aliphatic carbocycles. The second kappa shape index (κ2) is 12.2. The number of methoxy groups -OCH3 is 1. The summed E-state index contributed by atoms with van der Waals surface area (Å²) in [4.78, 5) is 21.3. The summed E-state index contributed by atoms with van der Waals surface area (Å²) in [5.41, 5.74) is 4.25. The summed E-state index contributed by atoms with van der Waals surface area (Å²) >= 11 is 0. The number of nitrogens with one attached hydrogen (secondary N) is 1. The largest absolute Gasteiger partial charge is 0.496 e. The van der Waals surface area contributed by atoms with Crippen LogP contribution in [0.2, 0.25) is 0 Å². The van der Waals surface area contributed by atoms with Crippen molar-refractivity contribution in [2.75, 3.05) is 7.11 Å². The summed E-state index contributed by atoms with van der Waals surface area (Å²) in [5.74, 6) is -0.699. The van der Waals surface area contributed by atoms with Crippen molar-refractivity contribution >= 4 is 28.2 Å². The number of hydrogen-bond donors (Lipinski definition) is 2. The fraction of sp³-hybridized carbons (Fsp3) is 0.125. The number of carboxylic acids is 1. The van der Waals surface area contributed by atoms with E-state index in [1.807, 2.05) is 6.92 Å². The maximum atomic E-state index is 12.4. The lowest BCUT2D eigenvalue weighted by Crippen LogP contribution is -2.18. The Morgan fingerprint density at radius 1 is 1.00 bits per heavy atom. The van der Waals surface area contributed by atoms with Crippen LogP contribution in [0.25, 0.3) is 0 Å². The number of benzene rings is 3. The third-order valence-electron chi connectivity index (χ3n) is 4.10. The monoisotopic (exact) mass is 484 g/mol. The highest BCUT2D eigenvalue weighted by atomic mass is 32.2. The van der Waals surface area contributed by atoms with Gasteiger partial charge in [0.05, 0.1) is 18.9 Å². The Morgan fingerprint density at radius 2 is 1.65 bits per heavy atom. The highest BCUT2D eigenvalue weighted by molar-refractivity contribution is 7.87. The van der Waals surface area contributed by atoms with Gasteiger partial charge < -0.3 is 14.0 Å². The molecule has 34 heavy (non-hydrogen) atoms. The number of rotatable bonds is 7. The van der Waals surface area contributed by atoms with Gasteiger partial charge >= 0.3 is 10.1 Å². The van der Waals surface area contributed by atoms with Crippen LogP contribution in [0.3, 0.4) is 0 Å². The van der Waals surface area contributed by atoms with Gasteiger partial charge in [-0.05, 0) is 48.9 Å². The van der Waals surface area contributed by atoms with Crippen LogP contribution in [-0.2, 0) is 14.9 Å². The minimum absolute atomic E-state index is 0.0660. The Labute approximate surface area is 197 Å². The van der Waals surface area contributed by atoms with Crippen molar-refractivity contribution in [3.63, 3.8) is 0 Å². The molecule has 0 heterocycles. The van der Waals surface area contributed by atoms with Gasteiger partial charge in [0.1, 0.15) is 16.4 Å². The van der Waals surface area contributed by atoms with Crippen LogP contribution in [0.1, 0.15) is 28.4 Å². The molecule has 3 aromatic rings. The zero-order valence-electron chi connectivity index (χ0n) is 18.8. The van der Waals surface area contributed by atoms with Gasteiger partial charge in [-0.25, -0.2) is 5.43 Å². The highest BCUT2D eigenvalue weighted by Gasteiger charge is 2.16. The van der Waals surface area contributed by atoms with Gasteiger partial charge in [-0.1, -0.05) is 42.0 Å². The van der Waals surface area contributed by atoms with E-state index >= 15 is 0 Å². The molecule has 10 heteroatoms. The second-order valence-corrected chi connectivity index (χ2v) is 8.39. The van der Waals surface area contributed by atoms with E-state index in [0.29, 0.717) is 16.9 Å². The van der Waals surface area contributed by atoms with E-state index in [4.69, 9.17) is 18.8 Å². The first-order valence-corrected chi connectivity index (χ1v) is 11.3. The maximum Gasteiger partial charge on any atom is 0.339 e. The molecule has 1 amide bonds. The molecule has 0 atom stereocenters. The minimum Gasteiger partial charge on any atom is -0.496 e. The maximum absolute atomic E-state index is 12.4. The quantitative estimate of drug-likeness (QED) is 0.297. The first kappa shape index (κ1) is 26.1. The number of carboxylic acid groups (broad SMARTS) is 1. The van der Waals surface area contributed by atoms with Gasteiger partial charge in [0.15, 0.2) is 0 Å². The number of carbonyl (C=O) groups excluding carboxylic acids is 1. The first-order chi connectivity index (χ1) is 16.1. The molecule has 0 aliphatic heterocycles. The normalized spacial score (nSPS) is 10.7. The number of para-hydroxylation sites is 1. The van der Waals surface area contributed by atoms with Crippen LogP contribution in [0.15, 0.2) is 82.8 Å². The van der Waals surface area contributed by atoms with E-state index < -0.39 is 22.0 Å². The zero-order chi connectivity index (χ0) is 25.1. The van der Waals surface area contributed by atoms with E-state index in [9.17, 15) is 13.2 Å². The molecule has 0 aliphatic rings. The number of amides is 1. The standard InChI is InChI=1S/C22H20N2O5S.C2H4O2/c1-16-10-12-19(13-11-16)30(26,27)29-18-7-5-6-17(14-18)15-23-24-22(25)20-8-3-4-9-21(20)28-2;1-2(3)4/h3-15H,1-2H3,(H,24,25);1H3,(H,3,4)/b23-15+;. The Morgan fingerprint density at radius 3 is 2.29 bits per heavy atom. The summed E-state index contributed by atoms with van der Waals surface area (Å²) in [6.07, 6.45) is 1.39. The summed E-state index contributed by atoms with van der Waals surface area (Å²) in [5, 5.41) is 11.3. The molecule has 0 aromatic heterocycles. The van der Waals surface area contributed by atoms with Gasteiger partial charge in [-0.3, -0.25) is 9.59 Å². The lowest BCUT2D eigenvalue weighted by atomic mass is 10.2. The molecular weight excluding hydrogens is 460 g/mol. The Hall–Kier alpha value is -4.18. The lowest BCUT2D eigenvalue weighted by molar-refractivity contribution is -0.134. The number of ether oxygens (including phenoxy) is 1. The summed E-state index contributed by atoms with van der Waals surface area (Å²) < 4.78 is 35.2. The van der Waals surface area contributed by atoms with Gasteiger partial charge in [0, 0.05) is 6.92 Å². The number of aliphatic carboxylic acids is 1. The van der Waals surface area contributed by atoms with Gasteiger partial charge in [0.2, 0.25) is 0 Å². The molecule has 9 nitrogen and oxygen atoms in total. The molecule has 3 rings (SSSR count). The molecule has 0 saturated carbocycles. The Bertz CT molecular complexity index is 1270. The number of hydrazone groups is 1. The first-order valence-electron chi connectivity index (χ1n) is 9.89. The van der Waals surface area contributed by atoms with E-state index in [0.717, 1.165) is 12.5 Å². The average molecular weight is 485 g/mol. The number of aryl methyl sites for hydroxylation is 1. The van der Waals surface area contributed by atoms with Gasteiger partial charge in [0.25, 0.3) is 11.9 Å². The summed E-state index contributed by atoms with van der Waals surface area (Å²) in [7, 11) is -2.47. The fourth-order valence-corrected chi connectivity index (χ4v) is 3.51. The molecule has 0 radical (unpaired) electrons. The predicted molar refractivity (Wildman–Crippen MR) is 127 cm³/mol. The van der Waals surface area contributed by atoms with Crippen LogP contribution in [0, 0.1) is 6.92 Å². The molecule has 178 valence electrons. The van der Waals surface area contributed by atoms with Crippen molar-refractivity contribution in [1.29, 1.82) is 0 Å². The van der Waals surface area contributed by atoms with Crippen molar-refractivity contribution < 1.29 is 32.0 Å². The van der Waals surface area contributed by atoms with E-state index in [2.05, 4.69) is 10.5 Å². The van der Waals surface area contributed by atoms with Crippen molar-refractivity contribution in [3.05, 3.63) is 89.5 Å². The predicted octanol–water partition coefficient (Wildman–Crippen LogP) is 3.63. The molecule has 0 fully saturated rings. The van der Waals surface area contributed by atoms with Crippen molar-refractivity contribution in [2.24, 2.45) is 5.10 Å². The molecule has 0 saturated heterocycles. The summed E-state index contributed by atoms with van der Waals surface area (Å²) in [6, 6.07) is 19.5. The summed E-state index contributed by atoms with van der Waals surface area (Å²) in [6.45, 7) is 2.95. The minimum atomic E-state index is -3.95. The highest BCUT2D eigenvalue weighted by Crippen LogP contribution is 2.20. The number of nitrogens with zero attached hydrogens (tertiary/aromatic N) is 1. The van der Waals surface area contributed by atoms with Crippen molar-refractivity contribution in [1.82, 2.24) is 5.43 Å². The van der Waals surface area contributed by atoms with Crippen LogP contribution < -0.4 is 14.3 Å². The van der Waals surface area contributed by atoms with E-state index in [1.54, 1.807) is 48.5 Å². The Kier molecular flexibility index (Phi) is 9.33. The SMILES string of the molecule is CC(=O)O.COc1ccccc1C(=O)N/N=C/c1cccc(OS(=O)(=O)c2ccc(C)cc2)c1. The lowest BCUT2D eigenvalue weighted by Gasteiger charge is -2.08. The molecule has 0 bridgehead atoms. The van der Waals surface area contributed by atoms with Crippen LogP contribution in [-0.4, -0.2) is 38.7 Å². The van der Waals surface area contributed by atoms with Gasteiger partial charge in [-0.2, -0.15) is 13.5 Å². The third kappa shape index (κ3) is 8.06. The average Bonchev–Trinajstić information content (AvgIpc) is 2.79. The van der Waals surface area contributed by atoms with Crippen LogP contribution in [0.4, 0.5) is 0 Å².